The highest BCUT2D eigenvalue weighted by atomic mass is 16.5. The van der Waals surface area contributed by atoms with Gasteiger partial charge in [-0.1, -0.05) is 24.3 Å². The van der Waals surface area contributed by atoms with Crippen molar-refractivity contribution in [1.82, 2.24) is 10.3 Å². The number of carboxylic acids is 1. The van der Waals surface area contributed by atoms with Gasteiger partial charge in [0, 0.05) is 30.1 Å². The van der Waals surface area contributed by atoms with Gasteiger partial charge in [0.2, 0.25) is 0 Å². The van der Waals surface area contributed by atoms with E-state index in [4.69, 9.17) is 9.47 Å². The molecule has 6 heteroatoms. The summed E-state index contributed by atoms with van der Waals surface area (Å²) in [5.41, 5.74) is 2.92. The molecule has 3 rings (SSSR count). The molecule has 1 heterocycles. The fraction of sp³-hybridized carbons (Fsp3) is 0.318. The number of ether oxygens (including phenoxy) is 2. The lowest BCUT2D eigenvalue weighted by Crippen LogP contribution is -2.38. The maximum absolute atomic E-state index is 11.8. The normalized spacial score (nSPS) is 12.3. The number of aromatic nitrogens is 1. The Morgan fingerprint density at radius 3 is 2.68 bits per heavy atom. The van der Waals surface area contributed by atoms with Crippen molar-refractivity contribution in [3.05, 3.63) is 59.8 Å². The summed E-state index contributed by atoms with van der Waals surface area (Å²) in [4.78, 5) is 15.0. The van der Waals surface area contributed by atoms with E-state index in [9.17, 15) is 9.90 Å². The van der Waals surface area contributed by atoms with Gasteiger partial charge in [-0.25, -0.2) is 0 Å². The monoisotopic (exact) mass is 382 g/mol. The number of carbonyl (C=O) groups is 1. The molecule has 1 atom stereocenters. The number of para-hydroxylation sites is 1. The number of aromatic amines is 1. The number of methoxy groups -OCH3 is 1. The van der Waals surface area contributed by atoms with Crippen LogP contribution in [0.2, 0.25) is 0 Å². The minimum atomic E-state index is -0.878. The van der Waals surface area contributed by atoms with Crippen LogP contribution in [0.1, 0.15) is 25.0 Å². The van der Waals surface area contributed by atoms with E-state index in [0.29, 0.717) is 24.5 Å². The number of nitrogens with one attached hydrogen (secondary N) is 2. The molecule has 0 radical (unpaired) electrons. The van der Waals surface area contributed by atoms with Crippen LogP contribution in [0.15, 0.2) is 48.7 Å². The standard InChI is InChI=1S/C22H26N2O4/c1-14(2)28-20-9-8-15(10-21(20)27-3)12-23-19(22(25)26)11-16-13-24-18-7-5-4-6-17(16)18/h4-10,13-14,19,23-24H,11-12H2,1-3H3,(H,25,26)/t19-/m0/s1. The molecule has 0 bridgehead atoms. The number of rotatable bonds is 9. The van der Waals surface area contributed by atoms with Crippen molar-refractivity contribution in [3.8, 4) is 11.5 Å². The second kappa shape index (κ2) is 8.80. The van der Waals surface area contributed by atoms with Crippen LogP contribution in [-0.4, -0.2) is 35.3 Å². The summed E-state index contributed by atoms with van der Waals surface area (Å²) in [6.45, 7) is 4.33. The number of fused-ring (bicyclic) bond motifs is 1. The van der Waals surface area contributed by atoms with E-state index in [-0.39, 0.29) is 6.10 Å². The summed E-state index contributed by atoms with van der Waals surface area (Å²) in [5, 5.41) is 13.8. The molecule has 0 saturated heterocycles. The molecule has 1 aromatic heterocycles. The maximum Gasteiger partial charge on any atom is 0.321 e. The van der Waals surface area contributed by atoms with Crippen molar-refractivity contribution >= 4 is 16.9 Å². The largest absolute Gasteiger partial charge is 0.493 e. The van der Waals surface area contributed by atoms with Crippen molar-refractivity contribution in [3.63, 3.8) is 0 Å². The zero-order valence-corrected chi connectivity index (χ0v) is 16.4. The fourth-order valence-corrected chi connectivity index (χ4v) is 3.18. The summed E-state index contributed by atoms with van der Waals surface area (Å²) < 4.78 is 11.1. The molecule has 0 amide bonds. The Morgan fingerprint density at radius 1 is 1.18 bits per heavy atom. The van der Waals surface area contributed by atoms with Gasteiger partial charge < -0.3 is 24.9 Å². The SMILES string of the molecule is COc1cc(CN[C@@H](Cc2c[nH]c3ccccc23)C(=O)O)ccc1OC(C)C. The third kappa shape index (κ3) is 4.64. The van der Waals surface area contributed by atoms with Crippen molar-refractivity contribution < 1.29 is 19.4 Å². The van der Waals surface area contributed by atoms with Gasteiger partial charge in [0.05, 0.1) is 13.2 Å². The molecule has 0 aliphatic carbocycles. The Labute approximate surface area is 164 Å². The van der Waals surface area contributed by atoms with E-state index in [0.717, 1.165) is 22.0 Å². The molecule has 0 aliphatic rings. The summed E-state index contributed by atoms with van der Waals surface area (Å²) in [6, 6.07) is 12.8. The maximum atomic E-state index is 11.8. The van der Waals surface area contributed by atoms with Crippen LogP contribution in [0.25, 0.3) is 10.9 Å². The van der Waals surface area contributed by atoms with E-state index >= 15 is 0 Å². The Morgan fingerprint density at radius 2 is 1.96 bits per heavy atom. The van der Waals surface area contributed by atoms with Gasteiger partial charge in [-0.05, 0) is 43.2 Å². The molecule has 0 saturated carbocycles. The van der Waals surface area contributed by atoms with Crippen LogP contribution in [0.4, 0.5) is 0 Å². The van der Waals surface area contributed by atoms with E-state index in [1.165, 1.54) is 0 Å². The minimum absolute atomic E-state index is 0.0467. The van der Waals surface area contributed by atoms with Gasteiger partial charge >= 0.3 is 5.97 Å². The summed E-state index contributed by atoms with van der Waals surface area (Å²) >= 11 is 0. The third-order valence-corrected chi connectivity index (χ3v) is 4.54. The molecule has 3 aromatic rings. The van der Waals surface area contributed by atoms with Gasteiger partial charge in [0.15, 0.2) is 11.5 Å². The minimum Gasteiger partial charge on any atom is -0.493 e. The first-order valence-electron chi connectivity index (χ1n) is 9.32. The summed E-state index contributed by atoms with van der Waals surface area (Å²) in [7, 11) is 1.59. The van der Waals surface area contributed by atoms with Crippen molar-refractivity contribution in [2.45, 2.75) is 39.0 Å². The number of hydrogen-bond acceptors (Lipinski definition) is 4. The molecule has 148 valence electrons. The molecular formula is C22H26N2O4. The molecular weight excluding hydrogens is 356 g/mol. The molecule has 0 aliphatic heterocycles. The van der Waals surface area contributed by atoms with Crippen molar-refractivity contribution in [1.29, 1.82) is 0 Å². The Bertz CT molecular complexity index is 949. The number of H-pyrrole nitrogens is 1. The molecule has 6 nitrogen and oxygen atoms in total. The van der Waals surface area contributed by atoms with E-state index in [1.54, 1.807) is 7.11 Å². The van der Waals surface area contributed by atoms with E-state index in [2.05, 4.69) is 10.3 Å². The summed E-state index contributed by atoms with van der Waals surface area (Å²) in [5.74, 6) is 0.434. The predicted molar refractivity (Wildman–Crippen MR) is 109 cm³/mol. The van der Waals surface area contributed by atoms with Crippen molar-refractivity contribution in [2.24, 2.45) is 0 Å². The van der Waals surface area contributed by atoms with Gasteiger partial charge in [-0.2, -0.15) is 0 Å². The molecule has 0 unspecified atom stereocenters. The zero-order chi connectivity index (χ0) is 20.1. The topological polar surface area (TPSA) is 83.6 Å². The Kier molecular flexibility index (Phi) is 6.21. The number of carboxylic acid groups (broad SMARTS) is 1. The Hall–Kier alpha value is -2.99. The zero-order valence-electron chi connectivity index (χ0n) is 16.4. The van der Waals surface area contributed by atoms with Crippen LogP contribution in [0.5, 0.6) is 11.5 Å². The van der Waals surface area contributed by atoms with Gasteiger partial charge in [-0.15, -0.1) is 0 Å². The third-order valence-electron chi connectivity index (χ3n) is 4.54. The smallest absolute Gasteiger partial charge is 0.321 e. The first-order valence-corrected chi connectivity index (χ1v) is 9.32. The molecule has 0 fully saturated rings. The second-order valence-corrected chi connectivity index (χ2v) is 6.99. The number of aliphatic carboxylic acids is 1. The predicted octanol–water partition coefficient (Wildman–Crippen LogP) is 3.75. The van der Waals surface area contributed by atoms with Gasteiger partial charge in [0.1, 0.15) is 6.04 Å². The average molecular weight is 382 g/mol. The highest BCUT2D eigenvalue weighted by molar-refractivity contribution is 5.84. The van der Waals surface area contributed by atoms with Crippen LogP contribution >= 0.6 is 0 Å². The van der Waals surface area contributed by atoms with Crippen LogP contribution in [0, 0.1) is 0 Å². The van der Waals surface area contributed by atoms with Crippen LogP contribution < -0.4 is 14.8 Å². The lowest BCUT2D eigenvalue weighted by molar-refractivity contribution is -0.139. The number of benzene rings is 2. The Balaban J connectivity index is 1.71. The fourth-order valence-electron chi connectivity index (χ4n) is 3.18. The molecule has 2 aromatic carbocycles. The molecule has 28 heavy (non-hydrogen) atoms. The lowest BCUT2D eigenvalue weighted by atomic mass is 10.0. The molecule has 0 spiro atoms. The first kappa shape index (κ1) is 19.8. The summed E-state index contributed by atoms with van der Waals surface area (Å²) in [6.07, 6.45) is 2.32. The van der Waals surface area contributed by atoms with Crippen LogP contribution in [0.3, 0.4) is 0 Å². The van der Waals surface area contributed by atoms with Crippen molar-refractivity contribution in [2.75, 3.05) is 7.11 Å². The second-order valence-electron chi connectivity index (χ2n) is 6.99. The van der Waals surface area contributed by atoms with Gasteiger partial charge in [-0.3, -0.25) is 4.79 Å². The highest BCUT2D eigenvalue weighted by Gasteiger charge is 2.19. The van der Waals surface area contributed by atoms with Crippen LogP contribution in [-0.2, 0) is 17.8 Å². The van der Waals surface area contributed by atoms with E-state index in [1.807, 2.05) is 62.5 Å². The number of hydrogen-bond donors (Lipinski definition) is 3. The quantitative estimate of drug-likeness (QED) is 0.525. The lowest BCUT2D eigenvalue weighted by Gasteiger charge is -2.17. The average Bonchev–Trinajstić information content (AvgIpc) is 3.08. The first-order chi connectivity index (χ1) is 13.5. The van der Waals surface area contributed by atoms with Gasteiger partial charge in [0.25, 0.3) is 0 Å². The van der Waals surface area contributed by atoms with E-state index < -0.39 is 12.0 Å². The highest BCUT2D eigenvalue weighted by Crippen LogP contribution is 2.29. The molecule has 3 N–H and O–H groups in total.